The van der Waals surface area contributed by atoms with E-state index in [1.807, 2.05) is 18.3 Å². The highest BCUT2D eigenvalue weighted by molar-refractivity contribution is 7.11. The number of carbonyl (C=O) groups is 1. The maximum atomic E-state index is 11.2. The van der Waals surface area contributed by atoms with E-state index in [1.165, 1.54) is 34.8 Å². The topological polar surface area (TPSA) is 42.0 Å². The minimum absolute atomic E-state index is 0.00377. The van der Waals surface area contributed by atoms with Crippen molar-refractivity contribution in [3.05, 3.63) is 27.7 Å². The molecule has 1 aromatic heterocycles. The van der Waals surface area contributed by atoms with Crippen molar-refractivity contribution in [1.82, 2.24) is 10.3 Å². The normalized spacial score (nSPS) is 14.7. The van der Waals surface area contributed by atoms with Crippen molar-refractivity contribution in [1.29, 1.82) is 0 Å². The first-order chi connectivity index (χ1) is 8.79. The van der Waals surface area contributed by atoms with Gasteiger partial charge in [-0.3, -0.25) is 4.79 Å². The number of nitrogens with zero attached hydrogens (tertiary/aromatic N) is 1. The molecule has 1 aliphatic carbocycles. The summed E-state index contributed by atoms with van der Waals surface area (Å²) < 4.78 is 0. The molecule has 4 heteroatoms. The van der Waals surface area contributed by atoms with Gasteiger partial charge >= 0.3 is 0 Å². The van der Waals surface area contributed by atoms with Gasteiger partial charge in [0.25, 0.3) is 0 Å². The van der Waals surface area contributed by atoms with Gasteiger partial charge in [-0.15, -0.1) is 11.3 Å². The van der Waals surface area contributed by atoms with Gasteiger partial charge in [0.05, 0.1) is 10.7 Å². The van der Waals surface area contributed by atoms with Crippen molar-refractivity contribution in [3.8, 4) is 0 Å². The molecule has 0 saturated carbocycles. The maximum Gasteiger partial charge on any atom is 0.243 e. The maximum absolute atomic E-state index is 11.2. The second kappa shape index (κ2) is 6.69. The number of aromatic nitrogens is 1. The lowest BCUT2D eigenvalue weighted by molar-refractivity contribution is -0.116. The number of nitrogens with one attached hydrogen (secondary N) is 1. The molecule has 0 spiro atoms. The van der Waals surface area contributed by atoms with Crippen molar-refractivity contribution in [2.75, 3.05) is 6.54 Å². The lowest BCUT2D eigenvalue weighted by atomic mass is 10.0. The molecule has 98 valence electrons. The van der Waals surface area contributed by atoms with Gasteiger partial charge in [0.2, 0.25) is 5.91 Å². The van der Waals surface area contributed by atoms with Crippen LogP contribution in [0.4, 0.5) is 0 Å². The number of thiazole rings is 1. The molecule has 0 aliphatic heterocycles. The number of rotatable bonds is 5. The molecular formula is C14H20N2OS. The Bertz CT molecular complexity index is 414. The first-order valence-electron chi connectivity index (χ1n) is 6.67. The van der Waals surface area contributed by atoms with Crippen LogP contribution in [0.5, 0.6) is 0 Å². The Balaban J connectivity index is 1.73. The standard InChI is InChI=1S/C14H20N2OS/c1-2-6-13(17)15-10-5-9-14-16-11-7-3-4-8-12(11)18-14/h2,6H,3-5,7-10H2,1H3,(H,15,17)/b6-2+. The van der Waals surface area contributed by atoms with Crippen LogP contribution in [-0.4, -0.2) is 17.4 Å². The number of allylic oxidation sites excluding steroid dienone is 1. The van der Waals surface area contributed by atoms with Crippen LogP contribution in [0, 0.1) is 0 Å². The molecule has 0 saturated heterocycles. The summed E-state index contributed by atoms with van der Waals surface area (Å²) in [7, 11) is 0. The van der Waals surface area contributed by atoms with E-state index in [1.54, 1.807) is 12.2 Å². The molecule has 0 unspecified atom stereocenters. The fraction of sp³-hybridized carbons (Fsp3) is 0.571. The molecule has 0 aromatic carbocycles. The Kier molecular flexibility index (Phi) is 4.93. The molecule has 1 N–H and O–H groups in total. The van der Waals surface area contributed by atoms with Gasteiger partial charge in [-0.05, 0) is 45.1 Å². The second-order valence-electron chi connectivity index (χ2n) is 4.58. The molecular weight excluding hydrogens is 244 g/mol. The molecule has 1 aliphatic rings. The van der Waals surface area contributed by atoms with E-state index in [-0.39, 0.29) is 5.91 Å². The zero-order chi connectivity index (χ0) is 12.8. The fourth-order valence-electron chi connectivity index (χ4n) is 2.17. The van der Waals surface area contributed by atoms with Gasteiger partial charge in [0, 0.05) is 17.8 Å². The largest absolute Gasteiger partial charge is 0.353 e. The quantitative estimate of drug-likeness (QED) is 0.656. The van der Waals surface area contributed by atoms with Crippen LogP contribution in [-0.2, 0) is 24.1 Å². The number of hydrogen-bond donors (Lipinski definition) is 1. The Labute approximate surface area is 112 Å². The van der Waals surface area contributed by atoms with Gasteiger partial charge in [-0.25, -0.2) is 4.98 Å². The Hall–Kier alpha value is -1.16. The summed E-state index contributed by atoms with van der Waals surface area (Å²) in [6, 6.07) is 0. The summed E-state index contributed by atoms with van der Waals surface area (Å²) in [6.07, 6.45) is 10.2. The zero-order valence-electron chi connectivity index (χ0n) is 10.9. The van der Waals surface area contributed by atoms with E-state index in [0.29, 0.717) is 0 Å². The lowest BCUT2D eigenvalue weighted by Crippen LogP contribution is -2.22. The molecule has 0 bridgehead atoms. The summed E-state index contributed by atoms with van der Waals surface area (Å²) in [5, 5.41) is 4.10. The summed E-state index contributed by atoms with van der Waals surface area (Å²) in [4.78, 5) is 17.4. The first kappa shape index (κ1) is 13.3. The smallest absolute Gasteiger partial charge is 0.243 e. The van der Waals surface area contributed by atoms with Crippen molar-refractivity contribution < 1.29 is 4.79 Å². The number of fused-ring (bicyclic) bond motifs is 1. The van der Waals surface area contributed by atoms with E-state index < -0.39 is 0 Å². The molecule has 1 amide bonds. The van der Waals surface area contributed by atoms with E-state index in [2.05, 4.69) is 5.32 Å². The average molecular weight is 264 g/mol. The monoisotopic (exact) mass is 264 g/mol. The van der Waals surface area contributed by atoms with Crippen LogP contribution in [0.2, 0.25) is 0 Å². The van der Waals surface area contributed by atoms with Gasteiger partial charge in [-0.1, -0.05) is 6.08 Å². The number of amides is 1. The Morgan fingerprint density at radius 1 is 1.44 bits per heavy atom. The van der Waals surface area contributed by atoms with Crippen LogP contribution < -0.4 is 5.32 Å². The SMILES string of the molecule is C/C=C/C(=O)NCCCc1nc2c(s1)CCCC2. The Morgan fingerprint density at radius 3 is 3.06 bits per heavy atom. The van der Waals surface area contributed by atoms with Crippen molar-refractivity contribution in [2.24, 2.45) is 0 Å². The van der Waals surface area contributed by atoms with Gasteiger partial charge in [-0.2, -0.15) is 0 Å². The van der Waals surface area contributed by atoms with E-state index >= 15 is 0 Å². The highest BCUT2D eigenvalue weighted by atomic mass is 32.1. The van der Waals surface area contributed by atoms with E-state index in [0.717, 1.165) is 25.8 Å². The van der Waals surface area contributed by atoms with E-state index in [9.17, 15) is 4.79 Å². The highest BCUT2D eigenvalue weighted by Crippen LogP contribution is 2.27. The number of hydrogen-bond acceptors (Lipinski definition) is 3. The molecule has 2 rings (SSSR count). The van der Waals surface area contributed by atoms with E-state index in [4.69, 9.17) is 4.98 Å². The summed E-state index contributed by atoms with van der Waals surface area (Å²) >= 11 is 1.87. The molecule has 0 atom stereocenters. The predicted molar refractivity (Wildman–Crippen MR) is 74.9 cm³/mol. The third kappa shape index (κ3) is 3.67. The summed E-state index contributed by atoms with van der Waals surface area (Å²) in [5.74, 6) is -0.00377. The molecule has 18 heavy (non-hydrogen) atoms. The van der Waals surface area contributed by atoms with Gasteiger partial charge in [0.15, 0.2) is 0 Å². The molecule has 0 radical (unpaired) electrons. The minimum atomic E-state index is -0.00377. The third-order valence-electron chi connectivity index (χ3n) is 3.07. The molecule has 0 fully saturated rings. The summed E-state index contributed by atoms with van der Waals surface area (Å²) in [5.41, 5.74) is 1.33. The van der Waals surface area contributed by atoms with Crippen LogP contribution in [0.3, 0.4) is 0 Å². The number of carbonyl (C=O) groups excluding carboxylic acids is 1. The molecule has 1 heterocycles. The van der Waals surface area contributed by atoms with Crippen molar-refractivity contribution in [3.63, 3.8) is 0 Å². The first-order valence-corrected chi connectivity index (χ1v) is 7.49. The zero-order valence-corrected chi connectivity index (χ0v) is 11.7. The average Bonchev–Trinajstić information content (AvgIpc) is 2.77. The minimum Gasteiger partial charge on any atom is -0.353 e. The van der Waals surface area contributed by atoms with Crippen LogP contribution in [0.1, 0.15) is 41.8 Å². The van der Waals surface area contributed by atoms with Crippen molar-refractivity contribution in [2.45, 2.75) is 45.4 Å². The van der Waals surface area contributed by atoms with Crippen molar-refractivity contribution >= 4 is 17.2 Å². The van der Waals surface area contributed by atoms with Crippen LogP contribution in [0.25, 0.3) is 0 Å². The van der Waals surface area contributed by atoms with Gasteiger partial charge < -0.3 is 5.32 Å². The summed E-state index contributed by atoms with van der Waals surface area (Å²) in [6.45, 7) is 2.58. The van der Waals surface area contributed by atoms with Crippen LogP contribution >= 0.6 is 11.3 Å². The highest BCUT2D eigenvalue weighted by Gasteiger charge is 2.14. The predicted octanol–water partition coefficient (Wildman–Crippen LogP) is 2.65. The Morgan fingerprint density at radius 2 is 2.28 bits per heavy atom. The molecule has 3 nitrogen and oxygen atoms in total. The second-order valence-corrected chi connectivity index (χ2v) is 5.75. The van der Waals surface area contributed by atoms with Gasteiger partial charge in [0.1, 0.15) is 0 Å². The van der Waals surface area contributed by atoms with Crippen LogP contribution in [0.15, 0.2) is 12.2 Å². The molecule has 1 aromatic rings. The lowest BCUT2D eigenvalue weighted by Gasteiger charge is -2.06. The third-order valence-corrected chi connectivity index (χ3v) is 4.29. The fourth-order valence-corrected chi connectivity index (χ4v) is 3.37. The number of aryl methyl sites for hydroxylation is 3.